The molecule has 0 saturated heterocycles. The van der Waals surface area contributed by atoms with E-state index < -0.39 is 0 Å². The van der Waals surface area contributed by atoms with E-state index in [1.807, 2.05) is 13.8 Å². The number of carbonyl (C=O) groups excluding carboxylic acids is 1. The fourth-order valence-electron chi connectivity index (χ4n) is 0.982. The summed E-state index contributed by atoms with van der Waals surface area (Å²) >= 11 is 0. The third-order valence-corrected chi connectivity index (χ3v) is 2.05. The lowest BCUT2D eigenvalue weighted by Gasteiger charge is -2.21. The fraction of sp³-hybridized carbons (Fsp3) is 0.667. The van der Waals surface area contributed by atoms with Gasteiger partial charge < -0.3 is 16.2 Å². The Labute approximate surface area is 93.7 Å². The van der Waals surface area contributed by atoms with Gasteiger partial charge in [0.1, 0.15) is 12.9 Å². The molecule has 0 spiro atoms. The molecule has 1 aromatic rings. The Morgan fingerprint density at radius 1 is 1.69 bits per heavy atom. The number of nitrogens with two attached hydrogens (primary N) is 1. The first-order valence-corrected chi connectivity index (χ1v) is 4.95. The van der Waals surface area contributed by atoms with Crippen LogP contribution in [-0.4, -0.2) is 38.9 Å². The van der Waals surface area contributed by atoms with Crippen molar-refractivity contribution in [2.24, 2.45) is 5.41 Å². The van der Waals surface area contributed by atoms with E-state index in [9.17, 15) is 4.79 Å². The topological polar surface area (TPSA) is 106 Å². The van der Waals surface area contributed by atoms with E-state index in [0.29, 0.717) is 6.54 Å². The minimum atomic E-state index is -0.322. The minimum absolute atomic E-state index is 0.0174. The number of aliphatic hydroxyl groups excluding tert-OH is 1. The third kappa shape index (κ3) is 3.85. The van der Waals surface area contributed by atoms with Crippen LogP contribution in [-0.2, 0) is 11.3 Å². The molecule has 0 aliphatic rings. The second-order valence-electron chi connectivity index (χ2n) is 4.40. The van der Waals surface area contributed by atoms with Crippen molar-refractivity contribution in [1.82, 2.24) is 20.1 Å². The smallest absolute Gasteiger partial charge is 0.241 e. The quantitative estimate of drug-likeness (QED) is 0.598. The number of hydrogen-bond acceptors (Lipinski definition) is 5. The molecule has 0 fully saturated rings. The van der Waals surface area contributed by atoms with Crippen LogP contribution in [0.25, 0.3) is 0 Å². The summed E-state index contributed by atoms with van der Waals surface area (Å²) in [4.78, 5) is 15.2. The molecule has 1 amide bonds. The summed E-state index contributed by atoms with van der Waals surface area (Å²) in [6.07, 6.45) is 1.39. The number of nitrogens with zero attached hydrogens (tertiary/aromatic N) is 3. The van der Waals surface area contributed by atoms with Crippen molar-refractivity contribution in [3.8, 4) is 0 Å². The summed E-state index contributed by atoms with van der Waals surface area (Å²) in [6, 6.07) is 0. The van der Waals surface area contributed by atoms with Gasteiger partial charge in [-0.3, -0.25) is 4.79 Å². The summed E-state index contributed by atoms with van der Waals surface area (Å²) in [5, 5.41) is 15.5. The maximum absolute atomic E-state index is 11.5. The van der Waals surface area contributed by atoms with Gasteiger partial charge in [0.05, 0.1) is 0 Å². The van der Waals surface area contributed by atoms with Gasteiger partial charge in [0.15, 0.2) is 0 Å². The first-order valence-electron chi connectivity index (χ1n) is 4.95. The van der Waals surface area contributed by atoms with Crippen LogP contribution in [0.15, 0.2) is 6.33 Å². The maximum atomic E-state index is 11.5. The first kappa shape index (κ1) is 12.4. The van der Waals surface area contributed by atoms with Crippen molar-refractivity contribution < 1.29 is 9.90 Å². The highest BCUT2D eigenvalue weighted by atomic mass is 16.3. The van der Waals surface area contributed by atoms with Gasteiger partial charge in [0.2, 0.25) is 11.9 Å². The Morgan fingerprint density at radius 3 is 2.88 bits per heavy atom. The zero-order valence-electron chi connectivity index (χ0n) is 9.47. The Kier molecular flexibility index (Phi) is 3.83. The van der Waals surface area contributed by atoms with Gasteiger partial charge in [-0.25, -0.2) is 9.67 Å². The minimum Gasteiger partial charge on any atom is -0.396 e. The number of anilines is 1. The van der Waals surface area contributed by atoms with Gasteiger partial charge in [-0.2, -0.15) is 0 Å². The fourth-order valence-corrected chi connectivity index (χ4v) is 0.982. The molecule has 1 rings (SSSR count). The number of nitrogen functional groups attached to an aromatic ring is 1. The van der Waals surface area contributed by atoms with E-state index in [4.69, 9.17) is 10.8 Å². The number of aromatic nitrogens is 3. The normalized spacial score (nSPS) is 11.4. The molecule has 0 unspecified atom stereocenters. The molecule has 0 saturated carbocycles. The molecule has 0 radical (unpaired) electrons. The van der Waals surface area contributed by atoms with Crippen LogP contribution >= 0.6 is 0 Å². The van der Waals surface area contributed by atoms with Gasteiger partial charge in [-0.15, -0.1) is 5.10 Å². The van der Waals surface area contributed by atoms with E-state index in [1.54, 1.807) is 0 Å². The molecule has 7 heteroatoms. The highest BCUT2D eigenvalue weighted by molar-refractivity contribution is 5.75. The van der Waals surface area contributed by atoms with Gasteiger partial charge in [0.25, 0.3) is 0 Å². The maximum Gasteiger partial charge on any atom is 0.241 e. The molecular formula is C9H17N5O2. The van der Waals surface area contributed by atoms with Gasteiger partial charge in [-0.05, 0) is 0 Å². The summed E-state index contributed by atoms with van der Waals surface area (Å²) in [6.45, 7) is 4.23. The SMILES string of the molecule is CC(C)(CO)CNC(=O)Cn1cnc(N)n1. The van der Waals surface area contributed by atoms with Gasteiger partial charge >= 0.3 is 0 Å². The standard InChI is InChI=1S/C9H17N5O2/c1-9(2,5-15)4-11-7(16)3-14-6-12-8(10)13-14/h6,15H,3-5H2,1-2H3,(H2,10,13)(H,11,16). The van der Waals surface area contributed by atoms with Gasteiger partial charge in [-0.1, -0.05) is 13.8 Å². The second kappa shape index (κ2) is 4.93. The zero-order valence-corrected chi connectivity index (χ0v) is 9.47. The third-order valence-electron chi connectivity index (χ3n) is 2.05. The molecule has 0 bridgehead atoms. The predicted octanol–water partition coefficient (Wildman–Crippen LogP) is -1.00. The first-order chi connectivity index (χ1) is 7.43. The lowest BCUT2D eigenvalue weighted by Crippen LogP contribution is -2.37. The van der Waals surface area contributed by atoms with Crippen LogP contribution < -0.4 is 11.1 Å². The molecule has 1 heterocycles. The summed E-state index contributed by atoms with van der Waals surface area (Å²) in [5.74, 6) is -0.0464. The monoisotopic (exact) mass is 227 g/mol. The largest absolute Gasteiger partial charge is 0.396 e. The van der Waals surface area contributed by atoms with Crippen LogP contribution in [0.2, 0.25) is 0 Å². The van der Waals surface area contributed by atoms with Gasteiger partial charge in [0, 0.05) is 18.6 Å². The van der Waals surface area contributed by atoms with Crippen LogP contribution in [0.3, 0.4) is 0 Å². The van der Waals surface area contributed by atoms with Crippen LogP contribution in [0, 0.1) is 5.41 Å². The second-order valence-corrected chi connectivity index (χ2v) is 4.40. The molecular weight excluding hydrogens is 210 g/mol. The summed E-state index contributed by atoms with van der Waals surface area (Å²) in [7, 11) is 0. The Balaban J connectivity index is 2.37. The number of rotatable bonds is 5. The molecule has 90 valence electrons. The van der Waals surface area contributed by atoms with Crippen molar-refractivity contribution in [3.05, 3.63) is 6.33 Å². The lowest BCUT2D eigenvalue weighted by atomic mass is 9.95. The van der Waals surface area contributed by atoms with E-state index in [2.05, 4.69) is 15.4 Å². The average molecular weight is 227 g/mol. The number of nitrogens with one attached hydrogen (secondary N) is 1. The predicted molar refractivity (Wildman–Crippen MR) is 58.3 cm³/mol. The van der Waals surface area contributed by atoms with E-state index in [0.717, 1.165) is 0 Å². The Hall–Kier alpha value is -1.63. The van der Waals surface area contributed by atoms with Crippen molar-refractivity contribution in [2.45, 2.75) is 20.4 Å². The molecule has 0 aliphatic heterocycles. The Bertz CT molecular complexity index is 361. The highest BCUT2D eigenvalue weighted by Crippen LogP contribution is 2.10. The average Bonchev–Trinajstić information content (AvgIpc) is 2.61. The molecule has 4 N–H and O–H groups in total. The van der Waals surface area contributed by atoms with Crippen molar-refractivity contribution >= 4 is 11.9 Å². The Morgan fingerprint density at radius 2 is 2.38 bits per heavy atom. The van der Waals surface area contributed by atoms with Crippen LogP contribution in [0.5, 0.6) is 0 Å². The number of hydrogen-bond donors (Lipinski definition) is 3. The van der Waals surface area contributed by atoms with Crippen molar-refractivity contribution in [3.63, 3.8) is 0 Å². The summed E-state index contributed by atoms with van der Waals surface area (Å²) in [5.41, 5.74) is 4.99. The van der Waals surface area contributed by atoms with Crippen molar-refractivity contribution in [2.75, 3.05) is 18.9 Å². The molecule has 0 aliphatic carbocycles. The van der Waals surface area contributed by atoms with E-state index in [1.165, 1.54) is 11.0 Å². The van der Waals surface area contributed by atoms with Crippen LogP contribution in [0.4, 0.5) is 5.95 Å². The number of amides is 1. The molecule has 0 atom stereocenters. The molecule has 0 aromatic carbocycles. The molecule has 7 nitrogen and oxygen atoms in total. The van der Waals surface area contributed by atoms with Crippen molar-refractivity contribution in [1.29, 1.82) is 0 Å². The summed E-state index contributed by atoms with van der Waals surface area (Å²) < 4.78 is 1.36. The highest BCUT2D eigenvalue weighted by Gasteiger charge is 2.17. The zero-order chi connectivity index (χ0) is 12.2. The lowest BCUT2D eigenvalue weighted by molar-refractivity contribution is -0.122. The molecule has 1 aromatic heterocycles. The van der Waals surface area contributed by atoms with Crippen LogP contribution in [0.1, 0.15) is 13.8 Å². The number of carbonyl (C=O) groups is 1. The molecule has 16 heavy (non-hydrogen) atoms. The number of aliphatic hydroxyl groups is 1. The van der Waals surface area contributed by atoms with E-state index in [-0.39, 0.29) is 30.4 Å². The van der Waals surface area contributed by atoms with E-state index >= 15 is 0 Å².